The largest absolute Gasteiger partial charge is 0.378 e. The average molecular weight is 481 g/mol. The number of nitrogens with zero attached hydrogens (tertiary/aromatic N) is 2. The highest BCUT2D eigenvalue weighted by atomic mass is 16.2. The van der Waals surface area contributed by atoms with E-state index in [1.807, 2.05) is 6.07 Å². The Hall–Kier alpha value is -3.67. The van der Waals surface area contributed by atoms with Crippen LogP contribution in [0.5, 0.6) is 0 Å². The Morgan fingerprint density at radius 1 is 0.889 bits per heavy atom. The lowest BCUT2D eigenvalue weighted by atomic mass is 9.79. The van der Waals surface area contributed by atoms with E-state index < -0.39 is 0 Å². The van der Waals surface area contributed by atoms with Gasteiger partial charge in [-0.1, -0.05) is 61.4 Å². The number of hydrogen-bond acceptors (Lipinski definition) is 4. The van der Waals surface area contributed by atoms with Crippen LogP contribution in [-0.4, -0.2) is 34.3 Å². The SMILES string of the molecule is O=C(N[C@@H]1CCCC[C@@H]1C(=O)N1CC[C@@H]2[C@H](c3ccccc3)Nc3ccccc3[C@@H]21)c1ccncc1. The number of hydrogen-bond donors (Lipinski definition) is 2. The molecule has 2 fully saturated rings. The number of fused-ring (bicyclic) bond motifs is 3. The number of carbonyl (C=O) groups is 2. The predicted octanol–water partition coefficient (Wildman–Crippen LogP) is 5.13. The first-order valence-electron chi connectivity index (χ1n) is 13.1. The molecule has 0 bridgehead atoms. The lowest BCUT2D eigenvalue weighted by Gasteiger charge is -2.42. The number of aromatic nitrogens is 1. The molecule has 1 saturated carbocycles. The lowest BCUT2D eigenvalue weighted by molar-refractivity contribution is -0.138. The van der Waals surface area contributed by atoms with E-state index in [-0.39, 0.29) is 35.9 Å². The van der Waals surface area contributed by atoms with Crippen LogP contribution >= 0.6 is 0 Å². The molecule has 0 spiro atoms. The van der Waals surface area contributed by atoms with Crippen LogP contribution in [0.2, 0.25) is 0 Å². The molecule has 6 nitrogen and oxygen atoms in total. The van der Waals surface area contributed by atoms with Gasteiger partial charge in [-0.15, -0.1) is 0 Å². The molecule has 0 radical (unpaired) electrons. The van der Waals surface area contributed by atoms with E-state index in [4.69, 9.17) is 0 Å². The zero-order chi connectivity index (χ0) is 24.5. The van der Waals surface area contributed by atoms with Gasteiger partial charge in [0.15, 0.2) is 0 Å². The second kappa shape index (κ2) is 9.76. The van der Waals surface area contributed by atoms with Crippen molar-refractivity contribution in [1.82, 2.24) is 15.2 Å². The first kappa shape index (κ1) is 22.8. The smallest absolute Gasteiger partial charge is 0.251 e. The zero-order valence-electron chi connectivity index (χ0n) is 20.3. The van der Waals surface area contributed by atoms with Crippen molar-refractivity contribution in [3.8, 4) is 0 Å². The van der Waals surface area contributed by atoms with Gasteiger partial charge in [-0.05, 0) is 48.6 Å². The highest BCUT2D eigenvalue weighted by Gasteiger charge is 2.48. The highest BCUT2D eigenvalue weighted by molar-refractivity contribution is 5.94. The van der Waals surface area contributed by atoms with E-state index in [9.17, 15) is 9.59 Å². The molecule has 2 N–H and O–H groups in total. The summed E-state index contributed by atoms with van der Waals surface area (Å²) in [4.78, 5) is 33.2. The number of nitrogens with one attached hydrogen (secondary N) is 2. The van der Waals surface area contributed by atoms with Crippen molar-refractivity contribution in [2.75, 3.05) is 11.9 Å². The van der Waals surface area contributed by atoms with Crippen molar-refractivity contribution < 1.29 is 9.59 Å². The number of anilines is 1. The number of likely N-dealkylation sites (tertiary alicyclic amines) is 1. The van der Waals surface area contributed by atoms with Gasteiger partial charge >= 0.3 is 0 Å². The van der Waals surface area contributed by atoms with Crippen molar-refractivity contribution in [1.29, 1.82) is 0 Å². The normalized spacial score (nSPS) is 26.9. The molecule has 2 amide bonds. The lowest BCUT2D eigenvalue weighted by Crippen LogP contribution is -2.50. The van der Waals surface area contributed by atoms with Gasteiger partial charge in [-0.25, -0.2) is 0 Å². The van der Waals surface area contributed by atoms with Crippen LogP contribution < -0.4 is 10.6 Å². The van der Waals surface area contributed by atoms with E-state index in [1.54, 1.807) is 24.5 Å². The van der Waals surface area contributed by atoms with Crippen molar-refractivity contribution in [3.05, 3.63) is 95.8 Å². The third-order valence-corrected chi connectivity index (χ3v) is 8.25. The molecule has 0 unspecified atom stereocenters. The van der Waals surface area contributed by atoms with Gasteiger partial charge < -0.3 is 15.5 Å². The molecule has 6 rings (SSSR count). The summed E-state index contributed by atoms with van der Waals surface area (Å²) in [5.41, 5.74) is 4.16. The van der Waals surface area contributed by atoms with Crippen LogP contribution in [-0.2, 0) is 4.79 Å². The number of pyridine rings is 1. The fourth-order valence-corrected chi connectivity index (χ4v) is 6.53. The molecule has 2 aromatic carbocycles. The summed E-state index contributed by atoms with van der Waals surface area (Å²) in [5, 5.41) is 6.97. The van der Waals surface area contributed by atoms with Gasteiger partial charge in [0, 0.05) is 42.1 Å². The van der Waals surface area contributed by atoms with Crippen LogP contribution in [0.1, 0.15) is 65.7 Å². The standard InChI is InChI=1S/C30H32N4O2/c35-29(21-14-17-31-18-15-21)33-26-13-7-5-11-23(26)30(36)34-19-16-24-27(20-8-2-1-3-9-20)32-25-12-6-4-10-22(25)28(24)34/h1-4,6,8-10,12,14-15,17-18,23-24,26-28,32H,5,7,11,13,16,19H2,(H,33,35)/t23-,24+,26+,27-,28-/m0/s1. The molecular formula is C30H32N4O2. The number of para-hydroxylation sites is 1. The van der Waals surface area contributed by atoms with E-state index >= 15 is 0 Å². The first-order valence-corrected chi connectivity index (χ1v) is 13.1. The second-order valence-corrected chi connectivity index (χ2v) is 10.3. The van der Waals surface area contributed by atoms with Crippen LogP contribution in [0.3, 0.4) is 0 Å². The third kappa shape index (κ3) is 4.15. The summed E-state index contributed by atoms with van der Waals surface area (Å²) in [7, 11) is 0. The molecule has 1 aromatic heterocycles. The minimum absolute atomic E-state index is 0.0404. The van der Waals surface area contributed by atoms with Gasteiger partial charge in [-0.3, -0.25) is 14.6 Å². The Kier molecular flexibility index (Phi) is 6.18. The molecule has 184 valence electrons. The van der Waals surface area contributed by atoms with Crippen LogP contribution in [0.4, 0.5) is 5.69 Å². The summed E-state index contributed by atoms with van der Waals surface area (Å²) in [5.74, 6) is 0.170. The molecular weight excluding hydrogens is 448 g/mol. The number of amides is 2. The maximum Gasteiger partial charge on any atom is 0.251 e. The van der Waals surface area contributed by atoms with Crippen molar-refractivity contribution in [2.45, 2.75) is 50.2 Å². The number of carbonyl (C=O) groups excluding carboxylic acids is 2. The summed E-state index contributed by atoms with van der Waals surface area (Å²) in [6.07, 6.45) is 7.90. The number of rotatable bonds is 4. The van der Waals surface area contributed by atoms with Crippen LogP contribution in [0, 0.1) is 11.8 Å². The van der Waals surface area contributed by atoms with E-state index in [2.05, 4.69) is 69.0 Å². The molecule has 6 heteroatoms. The van der Waals surface area contributed by atoms with Gasteiger partial charge in [0.25, 0.3) is 5.91 Å². The van der Waals surface area contributed by atoms with Gasteiger partial charge in [0.1, 0.15) is 0 Å². The number of benzene rings is 2. The van der Waals surface area contributed by atoms with Gasteiger partial charge in [-0.2, -0.15) is 0 Å². The van der Waals surface area contributed by atoms with E-state index in [0.29, 0.717) is 11.5 Å². The summed E-state index contributed by atoms with van der Waals surface area (Å²) >= 11 is 0. The van der Waals surface area contributed by atoms with Crippen molar-refractivity contribution in [2.24, 2.45) is 11.8 Å². The molecule has 5 atom stereocenters. The molecule has 3 aliphatic rings. The van der Waals surface area contributed by atoms with Gasteiger partial charge in [0.2, 0.25) is 5.91 Å². The van der Waals surface area contributed by atoms with Gasteiger partial charge in [0.05, 0.1) is 18.0 Å². The minimum atomic E-state index is -0.194. The summed E-state index contributed by atoms with van der Waals surface area (Å²) in [6, 6.07) is 22.5. The second-order valence-electron chi connectivity index (χ2n) is 10.3. The predicted molar refractivity (Wildman–Crippen MR) is 139 cm³/mol. The van der Waals surface area contributed by atoms with Crippen molar-refractivity contribution >= 4 is 17.5 Å². The Morgan fingerprint density at radius 3 is 2.47 bits per heavy atom. The Bertz CT molecular complexity index is 1230. The summed E-state index contributed by atoms with van der Waals surface area (Å²) < 4.78 is 0. The van der Waals surface area contributed by atoms with Crippen LogP contribution in [0.25, 0.3) is 0 Å². The maximum absolute atomic E-state index is 14.2. The molecule has 1 aliphatic carbocycles. The van der Waals surface area contributed by atoms with Crippen molar-refractivity contribution in [3.63, 3.8) is 0 Å². The molecule has 3 aromatic rings. The summed E-state index contributed by atoms with van der Waals surface area (Å²) in [6.45, 7) is 0.745. The molecule has 2 aliphatic heterocycles. The topological polar surface area (TPSA) is 74.3 Å². The Morgan fingerprint density at radius 2 is 1.64 bits per heavy atom. The monoisotopic (exact) mass is 480 g/mol. The van der Waals surface area contributed by atoms with Crippen LogP contribution in [0.15, 0.2) is 79.1 Å². The fourth-order valence-electron chi connectivity index (χ4n) is 6.53. The third-order valence-electron chi connectivity index (χ3n) is 8.25. The first-order chi connectivity index (χ1) is 17.7. The Balaban J connectivity index is 1.28. The fraction of sp³-hybridized carbons (Fsp3) is 0.367. The molecule has 3 heterocycles. The van der Waals surface area contributed by atoms with E-state index in [0.717, 1.165) is 44.3 Å². The minimum Gasteiger partial charge on any atom is -0.378 e. The Labute approximate surface area is 212 Å². The maximum atomic E-state index is 14.2. The van der Waals surface area contributed by atoms with E-state index in [1.165, 1.54) is 11.1 Å². The molecule has 1 saturated heterocycles. The average Bonchev–Trinajstić information content (AvgIpc) is 3.39. The zero-order valence-corrected chi connectivity index (χ0v) is 20.3. The highest BCUT2D eigenvalue weighted by Crippen LogP contribution is 2.51. The molecule has 36 heavy (non-hydrogen) atoms. The quantitative estimate of drug-likeness (QED) is 0.543.